The number of ether oxygens (including phenoxy) is 2. The fourth-order valence-corrected chi connectivity index (χ4v) is 2.27. The number of carbonyl (C=O) groups is 2. The van der Waals surface area contributed by atoms with Gasteiger partial charge >= 0.3 is 5.97 Å². The van der Waals surface area contributed by atoms with E-state index in [1.165, 1.54) is 26.4 Å². The van der Waals surface area contributed by atoms with Crippen molar-refractivity contribution in [3.63, 3.8) is 0 Å². The minimum Gasteiger partial charge on any atom is -0.496 e. The Labute approximate surface area is 139 Å². The van der Waals surface area contributed by atoms with Crippen LogP contribution in [0.4, 0.5) is 10.1 Å². The van der Waals surface area contributed by atoms with Crippen LogP contribution in [0.1, 0.15) is 21.5 Å². The number of halogens is 1. The first-order chi connectivity index (χ1) is 11.4. The van der Waals surface area contributed by atoms with Gasteiger partial charge in [-0.05, 0) is 31.2 Å². The van der Waals surface area contributed by atoms with Crippen LogP contribution in [0.25, 0.3) is 0 Å². The van der Waals surface area contributed by atoms with Gasteiger partial charge in [0.25, 0.3) is 0 Å². The molecule has 0 fully saturated rings. The molecule has 0 aliphatic heterocycles. The molecule has 0 unspecified atom stereocenters. The lowest BCUT2D eigenvalue weighted by Gasteiger charge is -2.11. The van der Waals surface area contributed by atoms with Gasteiger partial charge in [0, 0.05) is 5.56 Å². The lowest BCUT2D eigenvalue weighted by molar-refractivity contribution is -0.115. The van der Waals surface area contributed by atoms with E-state index >= 15 is 0 Å². The third kappa shape index (κ3) is 4.10. The van der Waals surface area contributed by atoms with Crippen LogP contribution in [0.2, 0.25) is 0 Å². The Morgan fingerprint density at radius 3 is 2.50 bits per heavy atom. The SMILES string of the molecule is COC(=O)c1ccc(NC(=O)Cc2cc(C)ccc2OC)c(F)c1. The highest BCUT2D eigenvalue weighted by molar-refractivity contribution is 5.94. The van der Waals surface area contributed by atoms with Gasteiger partial charge in [-0.3, -0.25) is 4.79 Å². The summed E-state index contributed by atoms with van der Waals surface area (Å²) >= 11 is 0. The average Bonchev–Trinajstić information content (AvgIpc) is 2.56. The number of esters is 1. The normalized spacial score (nSPS) is 10.2. The van der Waals surface area contributed by atoms with Gasteiger partial charge in [-0.2, -0.15) is 0 Å². The predicted octanol–water partition coefficient (Wildman–Crippen LogP) is 3.11. The number of nitrogens with one attached hydrogen (secondary N) is 1. The van der Waals surface area contributed by atoms with Crippen molar-refractivity contribution >= 4 is 17.6 Å². The third-order valence-corrected chi connectivity index (χ3v) is 3.45. The van der Waals surface area contributed by atoms with Crippen LogP contribution in [-0.4, -0.2) is 26.1 Å². The van der Waals surface area contributed by atoms with Crippen molar-refractivity contribution in [2.75, 3.05) is 19.5 Å². The molecule has 0 spiro atoms. The number of amides is 1. The van der Waals surface area contributed by atoms with Crippen LogP contribution in [0.15, 0.2) is 36.4 Å². The van der Waals surface area contributed by atoms with Crippen LogP contribution < -0.4 is 10.1 Å². The topological polar surface area (TPSA) is 64.6 Å². The molecule has 0 aliphatic rings. The number of anilines is 1. The fraction of sp³-hybridized carbons (Fsp3) is 0.222. The van der Waals surface area contributed by atoms with E-state index in [0.717, 1.165) is 11.6 Å². The van der Waals surface area contributed by atoms with Crippen molar-refractivity contribution in [2.45, 2.75) is 13.3 Å². The molecule has 1 N–H and O–H groups in total. The summed E-state index contributed by atoms with van der Waals surface area (Å²) in [5.41, 5.74) is 1.78. The fourth-order valence-electron chi connectivity index (χ4n) is 2.27. The third-order valence-electron chi connectivity index (χ3n) is 3.45. The molecule has 0 bridgehead atoms. The number of aryl methyl sites for hydroxylation is 1. The monoisotopic (exact) mass is 331 g/mol. The zero-order valence-electron chi connectivity index (χ0n) is 13.7. The molecule has 0 saturated carbocycles. The molecule has 0 heterocycles. The summed E-state index contributed by atoms with van der Waals surface area (Å²) in [7, 11) is 2.74. The number of rotatable bonds is 5. The summed E-state index contributed by atoms with van der Waals surface area (Å²) in [6, 6.07) is 9.24. The van der Waals surface area contributed by atoms with Crippen molar-refractivity contribution < 1.29 is 23.5 Å². The first-order valence-corrected chi connectivity index (χ1v) is 7.26. The largest absolute Gasteiger partial charge is 0.496 e. The predicted molar refractivity (Wildman–Crippen MR) is 87.8 cm³/mol. The Hall–Kier alpha value is -2.89. The number of hydrogen-bond donors (Lipinski definition) is 1. The zero-order valence-corrected chi connectivity index (χ0v) is 13.7. The summed E-state index contributed by atoms with van der Waals surface area (Å²) < 4.78 is 23.8. The van der Waals surface area contributed by atoms with Gasteiger partial charge in [0.1, 0.15) is 11.6 Å². The second-order valence-corrected chi connectivity index (χ2v) is 5.23. The van der Waals surface area contributed by atoms with Crippen LogP contribution in [0, 0.1) is 12.7 Å². The molecule has 2 aromatic rings. The Morgan fingerprint density at radius 2 is 1.88 bits per heavy atom. The van der Waals surface area contributed by atoms with Crippen LogP contribution >= 0.6 is 0 Å². The Bertz CT molecular complexity index is 774. The van der Waals surface area contributed by atoms with Crippen molar-refractivity contribution in [1.29, 1.82) is 0 Å². The van der Waals surface area contributed by atoms with Gasteiger partial charge in [-0.15, -0.1) is 0 Å². The number of methoxy groups -OCH3 is 2. The number of hydrogen-bond acceptors (Lipinski definition) is 4. The van der Waals surface area contributed by atoms with E-state index in [-0.39, 0.29) is 23.6 Å². The lowest BCUT2D eigenvalue weighted by Crippen LogP contribution is -2.16. The second-order valence-electron chi connectivity index (χ2n) is 5.23. The quantitative estimate of drug-likeness (QED) is 0.855. The standard InChI is InChI=1S/C18H18FNO4/c1-11-4-7-16(23-2)13(8-11)10-17(21)20-15-6-5-12(9-14(15)19)18(22)24-3/h4-9H,10H2,1-3H3,(H,20,21). The highest BCUT2D eigenvalue weighted by Gasteiger charge is 2.14. The van der Waals surface area contributed by atoms with Crippen LogP contribution in [0.5, 0.6) is 5.75 Å². The zero-order chi connectivity index (χ0) is 17.7. The maximum atomic E-state index is 14.0. The van der Waals surface area contributed by atoms with E-state index in [9.17, 15) is 14.0 Å². The smallest absolute Gasteiger partial charge is 0.337 e. The molecular formula is C18H18FNO4. The van der Waals surface area contributed by atoms with Crippen LogP contribution in [0.3, 0.4) is 0 Å². The molecule has 0 aromatic heterocycles. The molecule has 0 aliphatic carbocycles. The molecule has 5 nitrogen and oxygen atoms in total. The van der Waals surface area contributed by atoms with E-state index in [4.69, 9.17) is 4.74 Å². The van der Waals surface area contributed by atoms with E-state index in [0.29, 0.717) is 11.3 Å². The summed E-state index contributed by atoms with van der Waals surface area (Å²) in [5.74, 6) is -1.14. The summed E-state index contributed by atoms with van der Waals surface area (Å²) in [5, 5.41) is 2.49. The summed E-state index contributed by atoms with van der Waals surface area (Å²) in [6.45, 7) is 1.91. The lowest BCUT2D eigenvalue weighted by atomic mass is 10.1. The highest BCUT2D eigenvalue weighted by atomic mass is 19.1. The summed E-state index contributed by atoms with van der Waals surface area (Å²) in [6.07, 6.45) is 0.0447. The highest BCUT2D eigenvalue weighted by Crippen LogP contribution is 2.21. The minimum atomic E-state index is -0.706. The Kier molecular flexibility index (Phi) is 5.52. The van der Waals surface area contributed by atoms with Crippen LogP contribution in [-0.2, 0) is 16.0 Å². The number of carbonyl (C=O) groups excluding carboxylic acids is 2. The maximum Gasteiger partial charge on any atom is 0.337 e. The molecule has 0 radical (unpaired) electrons. The molecule has 6 heteroatoms. The molecular weight excluding hydrogens is 313 g/mol. The number of benzene rings is 2. The molecule has 2 aromatic carbocycles. The van der Waals surface area contributed by atoms with E-state index in [1.807, 2.05) is 19.1 Å². The van der Waals surface area contributed by atoms with Gasteiger partial charge in [-0.1, -0.05) is 17.7 Å². The van der Waals surface area contributed by atoms with Gasteiger partial charge in [0.2, 0.25) is 5.91 Å². The van der Waals surface area contributed by atoms with E-state index in [1.54, 1.807) is 6.07 Å². The maximum absolute atomic E-state index is 14.0. The average molecular weight is 331 g/mol. The molecule has 24 heavy (non-hydrogen) atoms. The Morgan fingerprint density at radius 1 is 1.12 bits per heavy atom. The first-order valence-electron chi connectivity index (χ1n) is 7.26. The van der Waals surface area contributed by atoms with Gasteiger partial charge in [0.15, 0.2) is 0 Å². The minimum absolute atomic E-state index is 0.000673. The van der Waals surface area contributed by atoms with Crippen molar-refractivity contribution in [3.05, 3.63) is 58.9 Å². The molecule has 126 valence electrons. The molecule has 2 rings (SSSR count). The van der Waals surface area contributed by atoms with Gasteiger partial charge in [-0.25, -0.2) is 9.18 Å². The molecule has 0 atom stereocenters. The first kappa shape index (κ1) is 17.5. The van der Waals surface area contributed by atoms with Gasteiger partial charge in [0.05, 0.1) is 31.9 Å². The molecule has 1 amide bonds. The second kappa shape index (κ2) is 7.59. The van der Waals surface area contributed by atoms with E-state index in [2.05, 4.69) is 10.1 Å². The van der Waals surface area contributed by atoms with Crippen molar-refractivity contribution in [2.24, 2.45) is 0 Å². The van der Waals surface area contributed by atoms with Crippen molar-refractivity contribution in [1.82, 2.24) is 0 Å². The Balaban J connectivity index is 2.13. The van der Waals surface area contributed by atoms with E-state index < -0.39 is 11.8 Å². The van der Waals surface area contributed by atoms with Crippen molar-refractivity contribution in [3.8, 4) is 5.75 Å². The molecule has 0 saturated heterocycles. The summed E-state index contributed by atoms with van der Waals surface area (Å²) in [4.78, 5) is 23.5. The van der Waals surface area contributed by atoms with Gasteiger partial charge < -0.3 is 14.8 Å².